The van der Waals surface area contributed by atoms with Crippen LogP contribution in [0.4, 0.5) is 22.4 Å². The van der Waals surface area contributed by atoms with E-state index < -0.39 is 41.7 Å². The lowest BCUT2D eigenvalue weighted by Crippen LogP contribution is -2.46. The Kier molecular flexibility index (Phi) is 6.42. The van der Waals surface area contributed by atoms with Crippen molar-refractivity contribution in [3.05, 3.63) is 62.7 Å². The molecule has 0 saturated heterocycles. The van der Waals surface area contributed by atoms with Gasteiger partial charge >= 0.3 is 12.3 Å². The van der Waals surface area contributed by atoms with Gasteiger partial charge in [0, 0.05) is 0 Å². The molecule has 164 valence electrons. The molecule has 0 bridgehead atoms. The molecule has 0 fully saturated rings. The van der Waals surface area contributed by atoms with Crippen molar-refractivity contribution in [1.82, 2.24) is 14.9 Å². The molecule has 0 radical (unpaired) electrons. The number of carbonyl (C=O) groups excluding carboxylic acids is 1. The predicted molar refractivity (Wildman–Crippen MR) is 107 cm³/mol. The minimum Gasteiger partial charge on any atom is -0.405 e. The minimum absolute atomic E-state index is 0.0181. The van der Waals surface area contributed by atoms with Gasteiger partial charge in [0.2, 0.25) is 5.43 Å². The van der Waals surface area contributed by atoms with E-state index in [1.165, 1.54) is 31.2 Å². The number of ether oxygens (including phenoxy) is 1. The molecular formula is C19H13Cl2F4N3O3. The van der Waals surface area contributed by atoms with Crippen molar-refractivity contribution in [1.29, 1.82) is 0 Å². The summed E-state index contributed by atoms with van der Waals surface area (Å²) in [6.07, 6.45) is -5.76. The first kappa shape index (κ1) is 22.8. The molecule has 1 N–H and O–H groups in total. The molecule has 1 aromatic carbocycles. The Bertz CT molecular complexity index is 1190. The van der Waals surface area contributed by atoms with E-state index in [1.807, 2.05) is 0 Å². The van der Waals surface area contributed by atoms with Gasteiger partial charge in [-0.15, -0.1) is 0 Å². The number of rotatable bonds is 4. The highest BCUT2D eigenvalue weighted by Gasteiger charge is 2.39. The molecule has 0 aliphatic carbocycles. The lowest BCUT2D eigenvalue weighted by atomic mass is 10.2. The molecule has 0 unspecified atom stereocenters. The maximum atomic E-state index is 14.5. The molecule has 3 rings (SSSR count). The highest BCUT2D eigenvalue weighted by molar-refractivity contribution is 6.32. The second kappa shape index (κ2) is 8.72. The van der Waals surface area contributed by atoms with Crippen LogP contribution in [0.1, 0.15) is 13.3 Å². The molecule has 2 aromatic heterocycles. The third kappa shape index (κ3) is 4.75. The molecule has 0 aliphatic heterocycles. The third-order valence-corrected chi connectivity index (χ3v) is 4.78. The van der Waals surface area contributed by atoms with Gasteiger partial charge in [-0.2, -0.15) is 13.2 Å². The van der Waals surface area contributed by atoms with Crippen LogP contribution in [0.25, 0.3) is 16.7 Å². The first-order valence-corrected chi connectivity index (χ1v) is 9.50. The highest BCUT2D eigenvalue weighted by atomic mass is 35.5. The molecule has 6 nitrogen and oxygen atoms in total. The Balaban J connectivity index is 2.14. The SMILES string of the molecule is CC[C@@H](NC(=O)Oc1cn(-c2c(F)cccc2Cl)c2nc(Cl)ccc2c1=O)C(F)(F)F. The average Bonchev–Trinajstić information content (AvgIpc) is 2.68. The number of halogens is 6. The summed E-state index contributed by atoms with van der Waals surface area (Å²) in [4.78, 5) is 28.8. The van der Waals surface area contributed by atoms with E-state index in [0.717, 1.165) is 16.8 Å². The zero-order chi connectivity index (χ0) is 22.9. The number of amides is 1. The third-order valence-electron chi connectivity index (χ3n) is 4.26. The van der Waals surface area contributed by atoms with E-state index in [2.05, 4.69) is 4.98 Å². The van der Waals surface area contributed by atoms with Gasteiger partial charge in [-0.05, 0) is 30.7 Å². The van der Waals surface area contributed by atoms with E-state index >= 15 is 0 Å². The van der Waals surface area contributed by atoms with Crippen molar-refractivity contribution in [3.8, 4) is 11.4 Å². The van der Waals surface area contributed by atoms with Crippen LogP contribution in [-0.4, -0.2) is 27.9 Å². The van der Waals surface area contributed by atoms with Gasteiger partial charge in [-0.3, -0.25) is 9.36 Å². The number of carbonyl (C=O) groups is 1. The van der Waals surface area contributed by atoms with Gasteiger partial charge in [0.1, 0.15) is 22.7 Å². The van der Waals surface area contributed by atoms with Crippen molar-refractivity contribution in [2.75, 3.05) is 0 Å². The van der Waals surface area contributed by atoms with Gasteiger partial charge in [0.05, 0.1) is 16.6 Å². The van der Waals surface area contributed by atoms with E-state index in [9.17, 15) is 27.2 Å². The number of pyridine rings is 2. The summed E-state index contributed by atoms with van der Waals surface area (Å²) in [5.41, 5.74) is -1.19. The first-order chi connectivity index (χ1) is 14.5. The standard InChI is InChI=1S/C19H13Cl2F4N3O3/c1-2-13(19(23,24)25)26-18(30)31-12-8-28(15-10(20)4-3-5-11(15)22)17-9(16(12)29)6-7-14(21)27-17/h3-8,13H,2H2,1H3,(H,26,30)/t13-/m1/s1. The molecule has 12 heteroatoms. The lowest BCUT2D eigenvalue weighted by Gasteiger charge is -2.20. The number of benzene rings is 1. The van der Waals surface area contributed by atoms with Crippen LogP contribution < -0.4 is 15.5 Å². The monoisotopic (exact) mass is 477 g/mol. The summed E-state index contributed by atoms with van der Waals surface area (Å²) in [6, 6.07) is 4.17. The summed E-state index contributed by atoms with van der Waals surface area (Å²) >= 11 is 12.0. The fourth-order valence-electron chi connectivity index (χ4n) is 2.81. The largest absolute Gasteiger partial charge is 0.413 e. The number of hydrogen-bond acceptors (Lipinski definition) is 4. The van der Waals surface area contributed by atoms with E-state index in [4.69, 9.17) is 27.9 Å². The zero-order valence-electron chi connectivity index (χ0n) is 15.6. The summed E-state index contributed by atoms with van der Waals surface area (Å²) in [6.45, 7) is 1.22. The van der Waals surface area contributed by atoms with Crippen LogP contribution in [0.2, 0.25) is 10.2 Å². The molecule has 0 aliphatic rings. The Labute approximate surface area is 182 Å². The maximum absolute atomic E-state index is 14.5. The minimum atomic E-state index is -4.71. The van der Waals surface area contributed by atoms with Crippen molar-refractivity contribution in [2.45, 2.75) is 25.6 Å². The normalized spacial score (nSPS) is 12.6. The van der Waals surface area contributed by atoms with Gasteiger partial charge in [0.25, 0.3) is 0 Å². The van der Waals surface area contributed by atoms with Crippen molar-refractivity contribution < 1.29 is 27.1 Å². The summed E-state index contributed by atoms with van der Waals surface area (Å²) in [7, 11) is 0. The molecule has 1 atom stereocenters. The Morgan fingerprint density at radius 2 is 1.97 bits per heavy atom. The number of hydrogen-bond donors (Lipinski definition) is 1. The molecule has 1 amide bonds. The van der Waals surface area contributed by atoms with E-state index in [-0.39, 0.29) is 26.9 Å². The maximum Gasteiger partial charge on any atom is 0.413 e. The topological polar surface area (TPSA) is 73.2 Å². The number of para-hydroxylation sites is 1. The van der Waals surface area contributed by atoms with Crippen LogP contribution >= 0.6 is 23.2 Å². The Hall–Kier alpha value is -2.85. The quantitative estimate of drug-likeness (QED) is 0.410. The number of fused-ring (bicyclic) bond motifs is 1. The summed E-state index contributed by atoms with van der Waals surface area (Å²) in [5, 5.41) is 1.44. The zero-order valence-corrected chi connectivity index (χ0v) is 17.1. The predicted octanol–water partition coefficient (Wildman–Crippen LogP) is 5.26. The van der Waals surface area contributed by atoms with Gasteiger partial charge in [-0.25, -0.2) is 14.2 Å². The molecule has 0 spiro atoms. The van der Waals surface area contributed by atoms with Crippen LogP contribution in [0.15, 0.2) is 41.3 Å². The number of nitrogens with one attached hydrogen (secondary N) is 1. The van der Waals surface area contributed by atoms with E-state index in [1.54, 1.807) is 5.32 Å². The number of aromatic nitrogens is 2. The van der Waals surface area contributed by atoms with Gasteiger partial charge < -0.3 is 10.1 Å². The van der Waals surface area contributed by atoms with Crippen molar-refractivity contribution >= 4 is 40.3 Å². The first-order valence-electron chi connectivity index (χ1n) is 8.74. The fraction of sp³-hybridized carbons (Fsp3) is 0.211. The van der Waals surface area contributed by atoms with Crippen LogP contribution in [0.5, 0.6) is 5.75 Å². The average molecular weight is 478 g/mol. The highest BCUT2D eigenvalue weighted by Crippen LogP contribution is 2.28. The van der Waals surface area contributed by atoms with E-state index in [0.29, 0.717) is 0 Å². The second-order valence-electron chi connectivity index (χ2n) is 6.30. The smallest absolute Gasteiger partial charge is 0.405 e. The molecule has 0 saturated carbocycles. The van der Waals surface area contributed by atoms with Gasteiger partial charge in [0.15, 0.2) is 11.4 Å². The van der Waals surface area contributed by atoms with Crippen molar-refractivity contribution in [3.63, 3.8) is 0 Å². The fourth-order valence-corrected chi connectivity index (χ4v) is 3.20. The number of alkyl halides is 3. The van der Waals surface area contributed by atoms with Crippen LogP contribution in [0.3, 0.4) is 0 Å². The Morgan fingerprint density at radius 3 is 2.58 bits per heavy atom. The Morgan fingerprint density at radius 1 is 1.26 bits per heavy atom. The second-order valence-corrected chi connectivity index (χ2v) is 7.10. The summed E-state index contributed by atoms with van der Waals surface area (Å²) < 4.78 is 59.1. The molecule has 3 aromatic rings. The molecule has 31 heavy (non-hydrogen) atoms. The van der Waals surface area contributed by atoms with Crippen molar-refractivity contribution in [2.24, 2.45) is 0 Å². The van der Waals surface area contributed by atoms with Crippen LogP contribution in [0, 0.1) is 5.82 Å². The molecular weight excluding hydrogens is 465 g/mol. The lowest BCUT2D eigenvalue weighted by molar-refractivity contribution is -0.154. The van der Waals surface area contributed by atoms with Crippen LogP contribution in [-0.2, 0) is 0 Å². The van der Waals surface area contributed by atoms with Gasteiger partial charge in [-0.1, -0.05) is 36.2 Å². The molecule has 2 heterocycles. The number of nitrogens with zero attached hydrogens (tertiary/aromatic N) is 2. The summed E-state index contributed by atoms with van der Waals surface area (Å²) in [5.74, 6) is -1.46.